The van der Waals surface area contributed by atoms with E-state index in [0.717, 1.165) is 35.0 Å². The summed E-state index contributed by atoms with van der Waals surface area (Å²) < 4.78 is 129. The lowest BCUT2D eigenvalue weighted by Gasteiger charge is -2.33. The van der Waals surface area contributed by atoms with Crippen LogP contribution in [0.4, 0.5) is 17.6 Å². The molecule has 10 heterocycles. The summed E-state index contributed by atoms with van der Waals surface area (Å²) in [5, 5.41) is 0. The number of aromatic amines is 2. The Morgan fingerprint density at radius 3 is 1.74 bits per heavy atom. The number of H-pyrrole nitrogens is 2. The molecule has 16 atom stereocenters. The van der Waals surface area contributed by atoms with Gasteiger partial charge in [-0.3, -0.25) is 60.6 Å². The molecule has 0 bridgehead atoms. The Balaban J connectivity index is 0.846. The predicted octanol–water partition coefficient (Wildman–Crippen LogP) is -2.92. The summed E-state index contributed by atoms with van der Waals surface area (Å²) in [6.45, 7) is 0.365. The smallest absolute Gasteiger partial charge is 0.351 e. The maximum Gasteiger partial charge on any atom is 0.351 e. The van der Waals surface area contributed by atoms with Gasteiger partial charge in [-0.05, 0) is 19.9 Å². The molecule has 6 aromatic rings. The van der Waals surface area contributed by atoms with Gasteiger partial charge >= 0.3 is 11.4 Å². The van der Waals surface area contributed by atoms with E-state index >= 15 is 0 Å². The first-order valence-corrected chi connectivity index (χ1v) is 31.0. The normalized spacial score (nSPS) is 29.1. The molecule has 4 aliphatic heterocycles. The van der Waals surface area contributed by atoms with Gasteiger partial charge in [-0.15, -0.1) is 0 Å². The van der Waals surface area contributed by atoms with E-state index in [1.165, 1.54) is 30.2 Å². The van der Waals surface area contributed by atoms with Crippen molar-refractivity contribution in [1.29, 1.82) is 0 Å². The Labute approximate surface area is 474 Å². The zero-order chi connectivity index (χ0) is 60.9. The molecule has 6 aromatic heterocycles. The number of phosphoric ester groups is 4. The van der Waals surface area contributed by atoms with Crippen molar-refractivity contribution in [3.63, 3.8) is 0 Å². The Bertz CT molecular complexity index is 3900. The van der Waals surface area contributed by atoms with Crippen molar-refractivity contribution < 1.29 is 97.7 Å². The van der Waals surface area contributed by atoms with Gasteiger partial charge in [-0.25, -0.2) is 29.5 Å². The minimum Gasteiger partial charge on any atom is -0.756 e. The van der Waals surface area contributed by atoms with Crippen molar-refractivity contribution in [2.45, 2.75) is 113 Å². The highest BCUT2D eigenvalue weighted by Crippen LogP contribution is 2.52. The van der Waals surface area contributed by atoms with Crippen LogP contribution in [0.5, 0.6) is 0 Å². The van der Waals surface area contributed by atoms with Gasteiger partial charge in [0.2, 0.25) is 5.95 Å². The minimum absolute atomic E-state index is 0.00710. The average molecular weight is 1280 g/mol. The van der Waals surface area contributed by atoms with E-state index in [1.807, 2.05) is 4.98 Å². The van der Waals surface area contributed by atoms with E-state index in [2.05, 4.69) is 39.4 Å². The summed E-state index contributed by atoms with van der Waals surface area (Å²) in [5.41, 5.74) is 14.2. The highest BCUT2D eigenvalue weighted by molar-refractivity contribution is 7.46. The molecule has 40 nitrogen and oxygen atoms in total. The number of hydrogen-bond acceptors (Lipinski definition) is 34. The van der Waals surface area contributed by atoms with E-state index < -0.39 is 167 Å². The van der Waals surface area contributed by atoms with Crippen LogP contribution in [0.25, 0.3) is 22.3 Å². The second-order valence-corrected chi connectivity index (χ2v) is 24.6. The number of anilines is 3. The number of nitrogens with one attached hydrogen (secondary N) is 2. The number of hydrogen-bond donors (Lipinski definition) is 5. The molecule has 85 heavy (non-hydrogen) atoms. The summed E-state index contributed by atoms with van der Waals surface area (Å²) in [5.74, 6) is -0.426. The number of rotatable bonds is 24. The van der Waals surface area contributed by atoms with Crippen molar-refractivity contribution >= 4 is 71.2 Å². The number of nitrogen functional groups attached to an aromatic ring is 3. The fraction of sp³-hybridized carbons (Fsp3) is 0.561. The van der Waals surface area contributed by atoms with Crippen molar-refractivity contribution in [3.05, 3.63) is 84.7 Å². The summed E-state index contributed by atoms with van der Waals surface area (Å²) in [6.07, 6.45) is -13.2. The number of aromatic nitrogens is 12. The van der Waals surface area contributed by atoms with E-state index in [0.29, 0.717) is 11.2 Å². The molecule has 4 unspecified atom stereocenters. The fourth-order valence-corrected chi connectivity index (χ4v) is 12.9. The van der Waals surface area contributed by atoms with E-state index in [1.54, 1.807) is 11.5 Å². The lowest BCUT2D eigenvalue weighted by atomic mass is 10.2. The third-order valence-electron chi connectivity index (χ3n) is 13.5. The molecule has 4 aliphatic rings. The molecule has 4 fully saturated rings. The highest BCUT2D eigenvalue weighted by Gasteiger charge is 2.47. The molecule has 44 heteroatoms. The number of ether oxygens (including phenoxy) is 5. The van der Waals surface area contributed by atoms with Gasteiger partial charge in [-0.2, -0.15) is 9.97 Å². The van der Waals surface area contributed by atoms with Crippen molar-refractivity contribution in [2.75, 3.05) is 50.7 Å². The van der Waals surface area contributed by atoms with Crippen molar-refractivity contribution in [1.82, 2.24) is 58.1 Å². The first-order chi connectivity index (χ1) is 40.2. The standard InChI is InChI=1S/C41H55N15O25P4/c1-4-70-19-7-29(55-16-47-31-33(43)45-15-46-34(31)55)74-23(19)12-71-83(63,64)79-21-9-30(56-17-48-32-35(56)50-39(44)51-37(32)58)76-25(21)14-72-84(65,66)78-20-8-27(53-6-5-26(42)49-40(53)59)75-24(20)13-73-85(67,68)80-22-10-28(77-38(22)81-82(61,62)69-3)54-11-18(2)36(57)52-41(54)60/h5-6,11,15-17,19-25,27-30,38H,4,7-10,12-14H2,1-3H3,(H,61,62)(H,63,64)(H,65,66)(H,67,68)(H2,42,49,59)(H2,43,45,46)(H,52,57,60)(H3,44,50,51,58)/p-4/t19-,20-,21-,22-,23-,24-,25-,27-,28-,29-,30-,38-/m1/s1. The van der Waals surface area contributed by atoms with Gasteiger partial charge in [0.15, 0.2) is 28.9 Å². The van der Waals surface area contributed by atoms with Crippen LogP contribution in [-0.2, 0) is 78.1 Å². The third-order valence-corrected chi connectivity index (χ3v) is 17.4. The molecule has 10 rings (SSSR count). The van der Waals surface area contributed by atoms with Gasteiger partial charge < -0.3 is 92.1 Å². The Morgan fingerprint density at radius 2 is 1.15 bits per heavy atom. The minimum atomic E-state index is -5.73. The first kappa shape index (κ1) is 62.2. The molecular formula is C41H51N15O25P4-4. The number of nitrogens with zero attached hydrogens (tertiary/aromatic N) is 10. The van der Waals surface area contributed by atoms with Crippen molar-refractivity contribution in [2.24, 2.45) is 0 Å². The molecule has 464 valence electrons. The highest BCUT2D eigenvalue weighted by atomic mass is 31.2. The second-order valence-electron chi connectivity index (χ2n) is 19.1. The monoisotopic (exact) mass is 1280 g/mol. The van der Waals surface area contributed by atoms with Crippen molar-refractivity contribution in [3.8, 4) is 0 Å². The molecular weight excluding hydrogens is 1230 g/mol. The van der Waals surface area contributed by atoms with Crippen LogP contribution < -0.4 is 59.3 Å². The maximum absolute atomic E-state index is 13.9. The van der Waals surface area contributed by atoms with E-state index in [9.17, 15) is 57.0 Å². The Hall–Kier alpha value is -5.90. The Morgan fingerprint density at radius 1 is 0.624 bits per heavy atom. The second kappa shape index (κ2) is 24.7. The lowest BCUT2D eigenvalue weighted by molar-refractivity contribution is -0.258. The van der Waals surface area contributed by atoms with Crippen LogP contribution in [0.15, 0.2) is 56.6 Å². The molecule has 0 radical (unpaired) electrons. The SMILES string of the molecule is CCO[C@@H]1C[C@H](n2cnc3c(N)ncnc32)O[C@@H]1COP(=O)([O-])O[C@@H]1C[C@H](n2cnc3c(=O)[nH]c(N)nc32)O[C@@H]1COP(=O)([O-])O[C@@H]1C[C@H](n2ccc(N)nc2=O)O[C@@H]1COP(=O)([O-])O[C@@H]1C[C@H](n2cc(C)c(=O)[nH]c2=O)O[C@@H]1OP(=O)([O-])OC. The molecule has 0 aliphatic carbocycles. The molecule has 0 saturated carbocycles. The van der Waals surface area contributed by atoms with Crippen LogP contribution in [0.3, 0.4) is 0 Å². The van der Waals surface area contributed by atoms with Gasteiger partial charge in [0.05, 0.1) is 50.8 Å². The maximum atomic E-state index is 13.9. The molecule has 4 saturated heterocycles. The van der Waals surface area contributed by atoms with Gasteiger partial charge in [0.1, 0.15) is 67.0 Å². The van der Waals surface area contributed by atoms with E-state index in [-0.39, 0.29) is 47.3 Å². The first-order valence-electron chi connectivity index (χ1n) is 25.2. The van der Waals surface area contributed by atoms with Gasteiger partial charge in [-0.1, -0.05) is 0 Å². The summed E-state index contributed by atoms with van der Waals surface area (Å²) in [6, 6.07) is 1.19. The van der Waals surface area contributed by atoms with Crippen LogP contribution in [0.1, 0.15) is 63.1 Å². The average Bonchev–Trinajstić information content (AvgIpc) is 2.75. The molecule has 0 spiro atoms. The number of aryl methyl sites for hydroxylation is 1. The number of phosphoric acid groups is 4. The zero-order valence-electron chi connectivity index (χ0n) is 44.2. The van der Waals surface area contributed by atoms with Crippen LogP contribution in [0, 0.1) is 6.92 Å². The zero-order valence-corrected chi connectivity index (χ0v) is 47.8. The molecule has 8 N–H and O–H groups in total. The summed E-state index contributed by atoms with van der Waals surface area (Å²) in [4.78, 5) is 132. The molecule has 0 amide bonds. The third kappa shape index (κ3) is 14.1. The lowest BCUT2D eigenvalue weighted by Crippen LogP contribution is -2.34. The largest absolute Gasteiger partial charge is 0.756 e. The molecule has 0 aromatic carbocycles. The van der Waals surface area contributed by atoms with E-state index in [4.69, 9.17) is 72.6 Å². The summed E-state index contributed by atoms with van der Waals surface area (Å²) in [7, 11) is -21.4. The predicted molar refractivity (Wildman–Crippen MR) is 272 cm³/mol. The quantitative estimate of drug-likeness (QED) is 0.0379. The number of nitrogens with two attached hydrogens (primary N) is 3. The fourth-order valence-electron chi connectivity index (χ4n) is 9.58. The topological polar surface area (TPSA) is 555 Å². The Kier molecular flexibility index (Phi) is 18.1. The van der Waals surface area contributed by atoms with Crippen LogP contribution in [0.2, 0.25) is 0 Å². The van der Waals surface area contributed by atoms with Gasteiger partial charge in [0, 0.05) is 57.4 Å². The van der Waals surface area contributed by atoms with Crippen LogP contribution >= 0.6 is 31.3 Å². The summed E-state index contributed by atoms with van der Waals surface area (Å²) >= 11 is 0. The number of fused-ring (bicyclic) bond motifs is 2. The van der Waals surface area contributed by atoms with Gasteiger partial charge in [0.25, 0.3) is 42.4 Å². The number of imidazole rings is 2. The van der Waals surface area contributed by atoms with Crippen LogP contribution in [-0.4, -0.2) is 141 Å².